The molecule has 0 atom stereocenters. The molecule has 0 amide bonds. The Kier molecular flexibility index (Phi) is 4.58. The van der Waals surface area contributed by atoms with Crippen LogP contribution in [0.5, 0.6) is 0 Å². The number of hydrogen-bond acceptors (Lipinski definition) is 2. The van der Waals surface area contributed by atoms with Crippen molar-refractivity contribution >= 4 is 33.2 Å². The minimum Gasteiger partial charge on any atom is -0.368 e. The van der Waals surface area contributed by atoms with E-state index in [2.05, 4.69) is 37.9 Å². The van der Waals surface area contributed by atoms with Gasteiger partial charge in [0, 0.05) is 38.1 Å². The Labute approximate surface area is 135 Å². The van der Waals surface area contributed by atoms with E-state index in [1.807, 2.05) is 12.1 Å². The van der Waals surface area contributed by atoms with Crippen molar-refractivity contribution in [3.63, 3.8) is 0 Å². The van der Waals surface area contributed by atoms with E-state index in [-0.39, 0.29) is 0 Å². The summed E-state index contributed by atoms with van der Waals surface area (Å²) < 4.78 is 0. The summed E-state index contributed by atoms with van der Waals surface area (Å²) in [7, 11) is 0. The SMILES string of the molecule is Clc1ccccc1N1CCN(CC2(CBr)CCC2)CC1. The largest absolute Gasteiger partial charge is 0.368 e. The van der Waals surface area contributed by atoms with E-state index in [0.29, 0.717) is 5.41 Å². The average molecular weight is 358 g/mol. The van der Waals surface area contributed by atoms with Crippen molar-refractivity contribution in [2.24, 2.45) is 5.41 Å². The summed E-state index contributed by atoms with van der Waals surface area (Å²) in [6.07, 6.45) is 4.19. The first kappa shape index (κ1) is 14.7. The van der Waals surface area contributed by atoms with Crippen molar-refractivity contribution in [1.29, 1.82) is 0 Å². The van der Waals surface area contributed by atoms with Crippen LogP contribution in [0.15, 0.2) is 24.3 Å². The van der Waals surface area contributed by atoms with E-state index in [1.165, 1.54) is 31.5 Å². The standard InChI is InChI=1S/C16H22BrClN2/c17-12-16(6-3-7-16)13-19-8-10-20(11-9-19)15-5-2-1-4-14(15)18/h1-2,4-5H,3,6-13H2. The normalized spacial score (nSPS) is 22.6. The molecule has 4 heteroatoms. The molecule has 1 aromatic carbocycles. The Hall–Kier alpha value is -0.250. The van der Waals surface area contributed by atoms with Crippen LogP contribution in [0, 0.1) is 5.41 Å². The summed E-state index contributed by atoms with van der Waals surface area (Å²) in [5.74, 6) is 0. The molecular formula is C16H22BrClN2. The molecule has 0 radical (unpaired) electrons. The highest BCUT2D eigenvalue weighted by molar-refractivity contribution is 9.09. The van der Waals surface area contributed by atoms with E-state index < -0.39 is 0 Å². The van der Waals surface area contributed by atoms with Gasteiger partial charge in [-0.1, -0.05) is 46.1 Å². The summed E-state index contributed by atoms with van der Waals surface area (Å²) >= 11 is 10.0. The summed E-state index contributed by atoms with van der Waals surface area (Å²) in [5.41, 5.74) is 1.75. The first-order chi connectivity index (χ1) is 9.72. The number of piperazine rings is 1. The van der Waals surface area contributed by atoms with E-state index in [1.54, 1.807) is 0 Å². The highest BCUT2D eigenvalue weighted by atomic mass is 79.9. The van der Waals surface area contributed by atoms with Crippen molar-refractivity contribution in [2.45, 2.75) is 19.3 Å². The van der Waals surface area contributed by atoms with Gasteiger partial charge < -0.3 is 4.90 Å². The molecule has 1 aromatic rings. The third-order valence-electron chi connectivity index (χ3n) is 4.82. The summed E-state index contributed by atoms with van der Waals surface area (Å²) in [6.45, 7) is 5.73. The fourth-order valence-electron chi connectivity index (χ4n) is 3.34. The van der Waals surface area contributed by atoms with Crippen molar-refractivity contribution in [3.05, 3.63) is 29.3 Å². The van der Waals surface area contributed by atoms with Gasteiger partial charge >= 0.3 is 0 Å². The zero-order chi connectivity index (χ0) is 14.0. The fraction of sp³-hybridized carbons (Fsp3) is 0.625. The van der Waals surface area contributed by atoms with Crippen LogP contribution in [-0.4, -0.2) is 43.0 Å². The lowest BCUT2D eigenvalue weighted by molar-refractivity contribution is 0.0877. The van der Waals surface area contributed by atoms with Crippen molar-refractivity contribution in [1.82, 2.24) is 4.90 Å². The number of alkyl halides is 1. The van der Waals surface area contributed by atoms with Gasteiger partial charge in [-0.25, -0.2) is 0 Å². The second-order valence-electron chi connectivity index (χ2n) is 6.20. The molecule has 0 bridgehead atoms. The van der Waals surface area contributed by atoms with Gasteiger partial charge in [-0.15, -0.1) is 0 Å². The number of rotatable bonds is 4. The summed E-state index contributed by atoms with van der Waals surface area (Å²) in [5, 5.41) is 2.03. The molecule has 0 N–H and O–H groups in total. The zero-order valence-electron chi connectivity index (χ0n) is 11.8. The minimum atomic E-state index is 0.562. The number of anilines is 1. The quantitative estimate of drug-likeness (QED) is 0.751. The molecule has 0 spiro atoms. The lowest BCUT2D eigenvalue weighted by Gasteiger charge is -2.46. The number of hydrogen-bond donors (Lipinski definition) is 0. The molecule has 2 nitrogen and oxygen atoms in total. The predicted molar refractivity (Wildman–Crippen MR) is 90.2 cm³/mol. The second kappa shape index (κ2) is 6.25. The molecule has 20 heavy (non-hydrogen) atoms. The molecule has 2 aliphatic rings. The van der Waals surface area contributed by atoms with E-state index in [9.17, 15) is 0 Å². The molecule has 0 aromatic heterocycles. The van der Waals surface area contributed by atoms with E-state index >= 15 is 0 Å². The topological polar surface area (TPSA) is 6.48 Å². The number of halogens is 2. The Morgan fingerprint density at radius 3 is 2.35 bits per heavy atom. The third kappa shape index (κ3) is 3.00. The monoisotopic (exact) mass is 356 g/mol. The van der Waals surface area contributed by atoms with Gasteiger partial charge in [0.1, 0.15) is 0 Å². The van der Waals surface area contributed by atoms with Crippen LogP contribution in [0.3, 0.4) is 0 Å². The van der Waals surface area contributed by atoms with Crippen molar-refractivity contribution in [2.75, 3.05) is 43.0 Å². The molecule has 1 heterocycles. The van der Waals surface area contributed by atoms with Crippen LogP contribution in [0.25, 0.3) is 0 Å². The third-order valence-corrected chi connectivity index (χ3v) is 6.33. The maximum atomic E-state index is 6.29. The van der Waals surface area contributed by atoms with Gasteiger partial charge in [0.05, 0.1) is 10.7 Å². The van der Waals surface area contributed by atoms with Gasteiger partial charge in [0.2, 0.25) is 0 Å². The first-order valence-electron chi connectivity index (χ1n) is 7.50. The smallest absolute Gasteiger partial charge is 0.0639 e. The van der Waals surface area contributed by atoms with Crippen LogP contribution in [0.4, 0.5) is 5.69 Å². The van der Waals surface area contributed by atoms with Crippen molar-refractivity contribution in [3.8, 4) is 0 Å². The highest BCUT2D eigenvalue weighted by Gasteiger charge is 2.37. The van der Waals surface area contributed by atoms with Crippen LogP contribution in [-0.2, 0) is 0 Å². The minimum absolute atomic E-state index is 0.562. The Balaban J connectivity index is 1.56. The fourth-order valence-corrected chi connectivity index (χ4v) is 4.33. The van der Waals surface area contributed by atoms with Crippen LogP contribution in [0.2, 0.25) is 5.02 Å². The molecule has 1 saturated heterocycles. The van der Waals surface area contributed by atoms with Gasteiger partial charge in [0.25, 0.3) is 0 Å². The van der Waals surface area contributed by atoms with E-state index in [0.717, 1.165) is 36.5 Å². The molecule has 1 aliphatic heterocycles. The van der Waals surface area contributed by atoms with Crippen molar-refractivity contribution < 1.29 is 0 Å². The lowest BCUT2D eigenvalue weighted by Crippen LogP contribution is -2.52. The number of benzene rings is 1. The average Bonchev–Trinajstić information content (AvgIpc) is 2.44. The Bertz CT molecular complexity index is 448. The summed E-state index contributed by atoms with van der Waals surface area (Å²) in [6, 6.07) is 8.18. The molecule has 1 aliphatic carbocycles. The number of nitrogens with zero attached hydrogens (tertiary/aromatic N) is 2. The molecule has 2 fully saturated rings. The predicted octanol–water partition coefficient (Wildman–Crippen LogP) is 4.03. The van der Waals surface area contributed by atoms with Gasteiger partial charge in [0.15, 0.2) is 0 Å². The highest BCUT2D eigenvalue weighted by Crippen LogP contribution is 2.43. The maximum Gasteiger partial charge on any atom is 0.0639 e. The first-order valence-corrected chi connectivity index (χ1v) is 9.00. The van der Waals surface area contributed by atoms with Gasteiger partial charge in [-0.2, -0.15) is 0 Å². The van der Waals surface area contributed by atoms with Gasteiger partial charge in [-0.05, 0) is 30.4 Å². The Morgan fingerprint density at radius 2 is 1.80 bits per heavy atom. The lowest BCUT2D eigenvalue weighted by atomic mass is 9.70. The molecular weight excluding hydrogens is 336 g/mol. The van der Waals surface area contributed by atoms with Crippen LogP contribution < -0.4 is 4.90 Å². The number of para-hydroxylation sites is 1. The molecule has 1 saturated carbocycles. The zero-order valence-corrected chi connectivity index (χ0v) is 14.2. The van der Waals surface area contributed by atoms with E-state index in [4.69, 9.17) is 11.6 Å². The summed E-state index contributed by atoms with van der Waals surface area (Å²) in [4.78, 5) is 5.05. The van der Waals surface area contributed by atoms with Gasteiger partial charge in [-0.3, -0.25) is 4.90 Å². The maximum absolute atomic E-state index is 6.29. The molecule has 0 unspecified atom stereocenters. The Morgan fingerprint density at radius 1 is 1.10 bits per heavy atom. The van der Waals surface area contributed by atoms with Crippen LogP contribution >= 0.6 is 27.5 Å². The van der Waals surface area contributed by atoms with Crippen LogP contribution in [0.1, 0.15) is 19.3 Å². The second-order valence-corrected chi connectivity index (χ2v) is 7.17. The molecule has 110 valence electrons. The molecule has 3 rings (SSSR count).